The van der Waals surface area contributed by atoms with Gasteiger partial charge in [0.1, 0.15) is 6.04 Å². The molecule has 0 bridgehead atoms. The molecule has 0 spiro atoms. The number of nitrogens with one attached hydrogen (secondary N) is 1. The van der Waals surface area contributed by atoms with Gasteiger partial charge in [-0.15, -0.1) is 6.42 Å². The molecule has 0 aliphatic carbocycles. The van der Waals surface area contributed by atoms with Crippen molar-refractivity contribution in [3.63, 3.8) is 0 Å². The van der Waals surface area contributed by atoms with Crippen molar-refractivity contribution < 1.29 is 19.8 Å². The lowest BCUT2D eigenvalue weighted by atomic mass is 10.0. The van der Waals surface area contributed by atoms with Crippen molar-refractivity contribution >= 4 is 11.9 Å². The molecule has 0 fully saturated rings. The molecule has 0 saturated carbocycles. The van der Waals surface area contributed by atoms with E-state index < -0.39 is 18.0 Å². The Labute approximate surface area is 166 Å². The molecule has 0 radical (unpaired) electrons. The second-order valence-corrected chi connectivity index (χ2v) is 7.03. The quantitative estimate of drug-likeness (QED) is 0.236. The molecule has 0 unspecified atom stereocenters. The number of rotatable bonds is 17. The summed E-state index contributed by atoms with van der Waals surface area (Å²) in [7, 11) is 0. The van der Waals surface area contributed by atoms with Gasteiger partial charge in [0.15, 0.2) is 0 Å². The lowest BCUT2D eigenvalue weighted by molar-refractivity contribution is -0.139. The Balaban J connectivity index is 0. The first kappa shape index (κ1) is 27.7. The molecule has 5 heteroatoms. The summed E-state index contributed by atoms with van der Waals surface area (Å²) in [4.78, 5) is 20.4. The highest BCUT2D eigenvalue weighted by atomic mass is 16.4. The normalized spacial score (nSPS) is 11.1. The minimum Gasteiger partial charge on any atom is -0.481 e. The van der Waals surface area contributed by atoms with Gasteiger partial charge >= 0.3 is 11.9 Å². The third kappa shape index (κ3) is 26.8. The lowest BCUT2D eigenvalue weighted by Gasteiger charge is -2.03. The van der Waals surface area contributed by atoms with Crippen LogP contribution in [0.5, 0.6) is 0 Å². The van der Waals surface area contributed by atoms with Crippen LogP contribution in [0.1, 0.15) is 104 Å². The van der Waals surface area contributed by atoms with E-state index in [9.17, 15) is 9.59 Å². The third-order valence-corrected chi connectivity index (χ3v) is 4.37. The molecule has 5 nitrogen and oxygen atoms in total. The van der Waals surface area contributed by atoms with Gasteiger partial charge in [-0.05, 0) is 13.3 Å². The third-order valence-electron chi connectivity index (χ3n) is 4.37. The Morgan fingerprint density at radius 3 is 1.59 bits per heavy atom. The molecule has 0 rings (SSSR count). The van der Waals surface area contributed by atoms with Crippen molar-refractivity contribution in [2.75, 3.05) is 6.54 Å². The number of unbranched alkanes of at least 4 members (excludes halogenated alkanes) is 12. The van der Waals surface area contributed by atoms with Gasteiger partial charge in [0.25, 0.3) is 0 Å². The van der Waals surface area contributed by atoms with Crippen LogP contribution in [0.4, 0.5) is 0 Å². The molecule has 3 N–H and O–H groups in total. The molecule has 0 heterocycles. The lowest BCUT2D eigenvalue weighted by Crippen LogP contribution is -2.33. The molecule has 0 aromatic carbocycles. The van der Waals surface area contributed by atoms with Crippen molar-refractivity contribution in [3.05, 3.63) is 0 Å². The molecule has 0 aliphatic heterocycles. The zero-order valence-electron chi connectivity index (χ0n) is 17.5. The minimum absolute atomic E-state index is 0.299. The second-order valence-electron chi connectivity index (χ2n) is 7.03. The molecule has 0 amide bonds. The van der Waals surface area contributed by atoms with Crippen LogP contribution < -0.4 is 5.32 Å². The Kier molecular flexibility index (Phi) is 23.1. The minimum atomic E-state index is -0.884. The topological polar surface area (TPSA) is 86.6 Å². The predicted molar refractivity (Wildman–Crippen MR) is 112 cm³/mol. The molecule has 0 aliphatic rings. The van der Waals surface area contributed by atoms with Crippen molar-refractivity contribution in [1.82, 2.24) is 5.32 Å². The molecule has 0 saturated heterocycles. The van der Waals surface area contributed by atoms with Crippen molar-refractivity contribution in [3.8, 4) is 12.3 Å². The summed E-state index contributed by atoms with van der Waals surface area (Å²) < 4.78 is 0. The Morgan fingerprint density at radius 2 is 1.26 bits per heavy atom. The highest BCUT2D eigenvalue weighted by molar-refractivity contribution is 5.72. The maximum absolute atomic E-state index is 10.3. The van der Waals surface area contributed by atoms with Crippen LogP contribution in [0, 0.1) is 12.3 Å². The molecular formula is C22H41NO4. The number of hydrogen-bond donors (Lipinski definition) is 3. The van der Waals surface area contributed by atoms with Crippen molar-refractivity contribution in [2.24, 2.45) is 0 Å². The van der Waals surface area contributed by atoms with E-state index in [1.807, 2.05) is 0 Å². The van der Waals surface area contributed by atoms with Crippen LogP contribution in [0.25, 0.3) is 0 Å². The zero-order valence-corrected chi connectivity index (χ0v) is 17.5. The van der Waals surface area contributed by atoms with Gasteiger partial charge in [-0.2, -0.15) is 0 Å². The number of carboxylic acid groups (broad SMARTS) is 2. The maximum atomic E-state index is 10.3. The largest absolute Gasteiger partial charge is 0.481 e. The highest BCUT2D eigenvalue weighted by Gasteiger charge is 2.06. The summed E-state index contributed by atoms with van der Waals surface area (Å²) >= 11 is 0. The standard InChI is InChI=1S/C16H32O2.C6H9NO2/c1-2-3-4-5-6-7-8-9-10-11-12-13-14-15-16(17)18;1-3-4-7-5(2)6(8)9/h2-15H2,1H3,(H,17,18);1,5,7H,4H2,2H3,(H,8,9)/t;5-/m.0/s1. The molecular weight excluding hydrogens is 342 g/mol. The highest BCUT2D eigenvalue weighted by Crippen LogP contribution is 2.12. The Morgan fingerprint density at radius 1 is 0.852 bits per heavy atom. The summed E-state index contributed by atoms with van der Waals surface area (Å²) in [6.45, 7) is 4.10. The average molecular weight is 384 g/mol. The van der Waals surface area contributed by atoms with E-state index in [1.165, 1.54) is 70.6 Å². The summed E-state index contributed by atoms with van der Waals surface area (Å²) in [5, 5.41) is 19.4. The number of terminal acetylenes is 1. The van der Waals surface area contributed by atoms with Crippen molar-refractivity contribution in [1.29, 1.82) is 0 Å². The van der Waals surface area contributed by atoms with Gasteiger partial charge < -0.3 is 10.2 Å². The first-order valence-electron chi connectivity index (χ1n) is 10.6. The SMILES string of the molecule is C#CCN[C@@H](C)C(=O)O.CCCCCCCCCCCCCCCC(=O)O. The van der Waals surface area contributed by atoms with Gasteiger partial charge in [-0.25, -0.2) is 0 Å². The van der Waals surface area contributed by atoms with E-state index in [0.717, 1.165) is 12.8 Å². The molecule has 0 aromatic rings. The summed E-state index contributed by atoms with van der Waals surface area (Å²) in [5.74, 6) is 0.740. The van der Waals surface area contributed by atoms with E-state index in [2.05, 4.69) is 18.2 Å². The van der Waals surface area contributed by atoms with Crippen LogP contribution in [0.2, 0.25) is 0 Å². The van der Waals surface area contributed by atoms with Crippen LogP contribution in [0.15, 0.2) is 0 Å². The van der Waals surface area contributed by atoms with Crippen LogP contribution >= 0.6 is 0 Å². The summed E-state index contributed by atoms with van der Waals surface area (Å²) in [5.41, 5.74) is 0. The van der Waals surface area contributed by atoms with Gasteiger partial charge in [0.2, 0.25) is 0 Å². The van der Waals surface area contributed by atoms with E-state index in [0.29, 0.717) is 13.0 Å². The van der Waals surface area contributed by atoms with E-state index >= 15 is 0 Å². The summed E-state index contributed by atoms with van der Waals surface area (Å²) in [6.07, 6.45) is 22.1. The number of aliphatic carboxylic acids is 2. The van der Waals surface area contributed by atoms with Crippen molar-refractivity contribution in [2.45, 2.75) is 110 Å². The first-order valence-corrected chi connectivity index (χ1v) is 10.6. The first-order chi connectivity index (χ1) is 13.0. The van der Waals surface area contributed by atoms with Crippen LogP contribution in [-0.2, 0) is 9.59 Å². The average Bonchev–Trinajstić information content (AvgIpc) is 2.63. The number of carboxylic acids is 2. The van der Waals surface area contributed by atoms with Gasteiger partial charge in [-0.3, -0.25) is 14.9 Å². The van der Waals surface area contributed by atoms with E-state index in [1.54, 1.807) is 6.92 Å². The monoisotopic (exact) mass is 383 g/mol. The van der Waals surface area contributed by atoms with Crippen LogP contribution in [-0.4, -0.2) is 34.7 Å². The van der Waals surface area contributed by atoms with E-state index in [-0.39, 0.29) is 0 Å². The van der Waals surface area contributed by atoms with Gasteiger partial charge in [-0.1, -0.05) is 89.9 Å². The fraction of sp³-hybridized carbons (Fsp3) is 0.818. The number of hydrogen-bond acceptors (Lipinski definition) is 3. The van der Waals surface area contributed by atoms with Gasteiger partial charge in [0.05, 0.1) is 6.54 Å². The molecule has 158 valence electrons. The predicted octanol–water partition coefficient (Wildman–Crippen LogP) is 5.23. The number of carbonyl (C=O) groups is 2. The zero-order chi connectivity index (χ0) is 20.8. The molecule has 0 aromatic heterocycles. The van der Waals surface area contributed by atoms with Gasteiger partial charge in [0, 0.05) is 6.42 Å². The Hall–Kier alpha value is -1.54. The van der Waals surface area contributed by atoms with Crippen LogP contribution in [0.3, 0.4) is 0 Å². The molecule has 1 atom stereocenters. The summed E-state index contributed by atoms with van der Waals surface area (Å²) in [6, 6.07) is -0.555. The van der Waals surface area contributed by atoms with E-state index in [4.69, 9.17) is 16.6 Å². The Bertz CT molecular complexity index is 390. The second kappa shape index (κ2) is 22.5. The molecule has 27 heavy (non-hydrogen) atoms. The maximum Gasteiger partial charge on any atom is 0.320 e. The fourth-order valence-electron chi connectivity index (χ4n) is 2.59. The smallest absolute Gasteiger partial charge is 0.320 e. The fourth-order valence-corrected chi connectivity index (χ4v) is 2.59.